The fraction of sp³-hybridized carbons (Fsp3) is 0.333. The van der Waals surface area contributed by atoms with Crippen LogP contribution in [0.5, 0.6) is 0 Å². The van der Waals surface area contributed by atoms with E-state index in [2.05, 4.69) is 47.4 Å². The van der Waals surface area contributed by atoms with E-state index in [-0.39, 0.29) is 0 Å². The van der Waals surface area contributed by atoms with Gasteiger partial charge in [-0.2, -0.15) is 0 Å². The maximum absolute atomic E-state index is 5.78. The van der Waals surface area contributed by atoms with Crippen LogP contribution in [-0.2, 0) is 6.54 Å². The maximum atomic E-state index is 5.78. The summed E-state index contributed by atoms with van der Waals surface area (Å²) in [6.45, 7) is 3.42. The zero-order valence-electron chi connectivity index (χ0n) is 11.8. The van der Waals surface area contributed by atoms with Crippen LogP contribution < -0.4 is 5.73 Å². The first-order valence-electron chi connectivity index (χ1n) is 7.43. The van der Waals surface area contributed by atoms with Crippen LogP contribution in [0, 0.1) is 0 Å². The van der Waals surface area contributed by atoms with Crippen molar-refractivity contribution in [1.82, 2.24) is 4.90 Å². The van der Waals surface area contributed by atoms with Gasteiger partial charge in [-0.1, -0.05) is 42.5 Å². The number of nitrogens with two attached hydrogens (primary N) is 1. The van der Waals surface area contributed by atoms with Crippen LogP contribution >= 0.6 is 0 Å². The minimum absolute atomic E-state index is 0.646. The molecule has 104 valence electrons. The fourth-order valence-corrected chi connectivity index (χ4v) is 3.08. The van der Waals surface area contributed by atoms with Gasteiger partial charge in [0, 0.05) is 18.8 Å². The molecule has 0 saturated carbocycles. The predicted molar refractivity (Wildman–Crippen MR) is 84.5 cm³/mol. The molecule has 0 spiro atoms. The number of likely N-dealkylation sites (tertiary alicyclic amines) is 1. The lowest BCUT2D eigenvalue weighted by Gasteiger charge is -2.33. The molecule has 1 aliphatic rings. The van der Waals surface area contributed by atoms with Crippen LogP contribution in [0.25, 0.3) is 0 Å². The first kappa shape index (κ1) is 13.2. The molecular weight excluding hydrogens is 244 g/mol. The molecule has 2 aromatic carbocycles. The predicted octanol–water partition coefficient (Wildman–Crippen LogP) is 3.65. The maximum Gasteiger partial charge on any atom is 0.0314 e. The van der Waals surface area contributed by atoms with Crippen molar-refractivity contribution in [2.75, 3.05) is 18.8 Å². The third-order valence-electron chi connectivity index (χ3n) is 4.16. The molecule has 0 aliphatic carbocycles. The minimum atomic E-state index is 0.646. The highest BCUT2D eigenvalue weighted by atomic mass is 15.1. The van der Waals surface area contributed by atoms with Crippen molar-refractivity contribution in [3.05, 3.63) is 65.7 Å². The topological polar surface area (TPSA) is 29.3 Å². The number of piperidine rings is 1. The standard InChI is InChI=1S/C18H22N2/c19-18-10-8-16(9-11-18)17-7-4-12-20(14-17)13-15-5-2-1-3-6-15/h1-3,5-6,8-11,17H,4,7,12-14,19H2. The Morgan fingerprint density at radius 2 is 1.75 bits per heavy atom. The molecule has 0 amide bonds. The average molecular weight is 266 g/mol. The second kappa shape index (κ2) is 6.10. The van der Waals surface area contributed by atoms with Crippen molar-refractivity contribution in [2.24, 2.45) is 0 Å². The molecule has 1 saturated heterocycles. The zero-order chi connectivity index (χ0) is 13.8. The third kappa shape index (κ3) is 3.20. The highest BCUT2D eigenvalue weighted by Crippen LogP contribution is 2.28. The second-order valence-corrected chi connectivity index (χ2v) is 5.73. The highest BCUT2D eigenvalue weighted by Gasteiger charge is 2.21. The lowest BCUT2D eigenvalue weighted by Crippen LogP contribution is -2.33. The molecule has 0 bridgehead atoms. The summed E-state index contributed by atoms with van der Waals surface area (Å²) in [5, 5.41) is 0. The Bertz CT molecular complexity index is 533. The molecule has 1 fully saturated rings. The minimum Gasteiger partial charge on any atom is -0.399 e. The summed E-state index contributed by atoms with van der Waals surface area (Å²) in [4.78, 5) is 2.57. The number of nitrogen functional groups attached to an aromatic ring is 1. The van der Waals surface area contributed by atoms with Crippen LogP contribution in [0.1, 0.15) is 29.9 Å². The summed E-state index contributed by atoms with van der Waals surface area (Å²) in [6, 6.07) is 19.2. The molecule has 0 aromatic heterocycles. The molecule has 2 nitrogen and oxygen atoms in total. The van der Waals surface area contributed by atoms with Gasteiger partial charge in [-0.3, -0.25) is 4.90 Å². The molecule has 1 heterocycles. The van der Waals surface area contributed by atoms with Gasteiger partial charge in [-0.15, -0.1) is 0 Å². The summed E-state index contributed by atoms with van der Waals surface area (Å²) in [7, 11) is 0. The van der Waals surface area contributed by atoms with Crippen LogP contribution in [0.15, 0.2) is 54.6 Å². The summed E-state index contributed by atoms with van der Waals surface area (Å²) in [6.07, 6.45) is 2.57. The van der Waals surface area contributed by atoms with E-state index in [0.717, 1.165) is 18.8 Å². The molecule has 1 atom stereocenters. The number of hydrogen-bond donors (Lipinski definition) is 1. The van der Waals surface area contributed by atoms with Gasteiger partial charge in [0.2, 0.25) is 0 Å². The van der Waals surface area contributed by atoms with Crippen molar-refractivity contribution in [1.29, 1.82) is 0 Å². The third-order valence-corrected chi connectivity index (χ3v) is 4.16. The van der Waals surface area contributed by atoms with E-state index in [1.807, 2.05) is 12.1 Å². The highest BCUT2D eigenvalue weighted by molar-refractivity contribution is 5.40. The molecule has 1 aliphatic heterocycles. The molecule has 2 aromatic rings. The van der Waals surface area contributed by atoms with Gasteiger partial charge >= 0.3 is 0 Å². The zero-order valence-corrected chi connectivity index (χ0v) is 11.8. The van der Waals surface area contributed by atoms with E-state index in [1.54, 1.807) is 0 Å². The van der Waals surface area contributed by atoms with Crippen molar-refractivity contribution in [3.8, 4) is 0 Å². The lowest BCUT2D eigenvalue weighted by molar-refractivity contribution is 0.200. The van der Waals surface area contributed by atoms with Gasteiger partial charge in [0.25, 0.3) is 0 Å². The smallest absolute Gasteiger partial charge is 0.0314 e. The van der Waals surface area contributed by atoms with E-state index < -0.39 is 0 Å². The molecule has 1 unspecified atom stereocenters. The number of anilines is 1. The van der Waals surface area contributed by atoms with E-state index in [9.17, 15) is 0 Å². The Morgan fingerprint density at radius 1 is 1.00 bits per heavy atom. The average Bonchev–Trinajstić information content (AvgIpc) is 2.49. The van der Waals surface area contributed by atoms with Crippen LogP contribution in [-0.4, -0.2) is 18.0 Å². The Hall–Kier alpha value is -1.80. The van der Waals surface area contributed by atoms with Crippen molar-refractivity contribution in [3.63, 3.8) is 0 Å². The molecule has 0 radical (unpaired) electrons. The molecular formula is C18H22N2. The SMILES string of the molecule is Nc1ccc(C2CCCN(Cc3ccccc3)C2)cc1. The van der Waals surface area contributed by atoms with Gasteiger partial charge in [0.05, 0.1) is 0 Å². The quantitative estimate of drug-likeness (QED) is 0.859. The first-order chi connectivity index (χ1) is 9.81. The number of nitrogens with zero attached hydrogens (tertiary/aromatic N) is 1. The molecule has 2 heteroatoms. The summed E-state index contributed by atoms with van der Waals surface area (Å²) in [5.74, 6) is 0.646. The first-order valence-corrected chi connectivity index (χ1v) is 7.43. The van der Waals surface area contributed by atoms with Crippen molar-refractivity contribution in [2.45, 2.75) is 25.3 Å². The Kier molecular flexibility index (Phi) is 4.03. The molecule has 3 rings (SSSR count). The Morgan fingerprint density at radius 3 is 2.50 bits per heavy atom. The van der Waals surface area contributed by atoms with Gasteiger partial charge in [-0.05, 0) is 48.6 Å². The molecule has 20 heavy (non-hydrogen) atoms. The fourth-order valence-electron chi connectivity index (χ4n) is 3.08. The van der Waals surface area contributed by atoms with E-state index >= 15 is 0 Å². The monoisotopic (exact) mass is 266 g/mol. The molecule has 2 N–H and O–H groups in total. The van der Waals surface area contributed by atoms with Crippen molar-refractivity contribution >= 4 is 5.69 Å². The van der Waals surface area contributed by atoms with Gasteiger partial charge in [-0.25, -0.2) is 0 Å². The normalized spacial score (nSPS) is 19.9. The Balaban J connectivity index is 1.66. The number of hydrogen-bond acceptors (Lipinski definition) is 2. The van der Waals surface area contributed by atoms with Crippen LogP contribution in [0.2, 0.25) is 0 Å². The summed E-state index contributed by atoms with van der Waals surface area (Å²) >= 11 is 0. The summed E-state index contributed by atoms with van der Waals surface area (Å²) < 4.78 is 0. The number of benzene rings is 2. The van der Waals surface area contributed by atoms with E-state index in [0.29, 0.717) is 5.92 Å². The largest absolute Gasteiger partial charge is 0.399 e. The lowest BCUT2D eigenvalue weighted by atomic mass is 9.90. The van der Waals surface area contributed by atoms with Crippen LogP contribution in [0.4, 0.5) is 5.69 Å². The van der Waals surface area contributed by atoms with E-state index in [4.69, 9.17) is 5.73 Å². The van der Waals surface area contributed by atoms with Gasteiger partial charge < -0.3 is 5.73 Å². The van der Waals surface area contributed by atoms with Crippen LogP contribution in [0.3, 0.4) is 0 Å². The van der Waals surface area contributed by atoms with E-state index in [1.165, 1.54) is 30.5 Å². The van der Waals surface area contributed by atoms with Gasteiger partial charge in [0.1, 0.15) is 0 Å². The van der Waals surface area contributed by atoms with Crippen molar-refractivity contribution < 1.29 is 0 Å². The second-order valence-electron chi connectivity index (χ2n) is 5.73. The van der Waals surface area contributed by atoms with Gasteiger partial charge in [0.15, 0.2) is 0 Å². The number of rotatable bonds is 3. The Labute approximate surface area is 121 Å². The summed E-state index contributed by atoms with van der Waals surface area (Å²) in [5.41, 5.74) is 9.46.